The zero-order valence-electron chi connectivity index (χ0n) is 7.65. The fraction of sp³-hybridized carbons (Fsp3) is 0.400. The predicted molar refractivity (Wildman–Crippen MR) is 51.4 cm³/mol. The van der Waals surface area contributed by atoms with Crippen LogP contribution in [0.2, 0.25) is 0 Å². The Morgan fingerprint density at radius 2 is 2.18 bits per heavy atom. The Morgan fingerprint density at radius 3 is 2.45 bits per heavy atom. The van der Waals surface area contributed by atoms with Crippen molar-refractivity contribution in [2.45, 2.75) is 20.3 Å². The average molecular weight is 151 g/mol. The maximum Gasteiger partial charge on any atom is 0.0296 e. The lowest BCUT2D eigenvalue weighted by Crippen LogP contribution is -2.02. The van der Waals surface area contributed by atoms with E-state index in [1.54, 1.807) is 0 Å². The summed E-state index contributed by atoms with van der Waals surface area (Å²) in [5.74, 6) is 0. The van der Waals surface area contributed by atoms with Crippen molar-refractivity contribution in [2.75, 3.05) is 7.05 Å². The van der Waals surface area contributed by atoms with Crippen LogP contribution in [0.15, 0.2) is 36.1 Å². The van der Waals surface area contributed by atoms with Crippen LogP contribution in [0.25, 0.3) is 0 Å². The molecular formula is C10H17N. The lowest BCUT2D eigenvalue weighted by molar-refractivity contribution is 1.01. The molecule has 0 heterocycles. The highest BCUT2D eigenvalue weighted by atomic mass is 14.8. The van der Waals surface area contributed by atoms with Gasteiger partial charge in [0.2, 0.25) is 0 Å². The monoisotopic (exact) mass is 151 g/mol. The zero-order chi connectivity index (χ0) is 8.69. The molecular weight excluding hydrogens is 134 g/mol. The first-order valence-corrected chi connectivity index (χ1v) is 3.95. The third-order valence-corrected chi connectivity index (χ3v) is 1.61. The van der Waals surface area contributed by atoms with Crippen molar-refractivity contribution in [2.24, 2.45) is 0 Å². The molecule has 62 valence electrons. The van der Waals surface area contributed by atoms with Crippen LogP contribution in [-0.2, 0) is 0 Å². The van der Waals surface area contributed by atoms with Gasteiger partial charge in [0.25, 0.3) is 0 Å². The van der Waals surface area contributed by atoms with Gasteiger partial charge in [-0.3, -0.25) is 0 Å². The van der Waals surface area contributed by atoms with Crippen molar-refractivity contribution < 1.29 is 0 Å². The topological polar surface area (TPSA) is 12.0 Å². The lowest BCUT2D eigenvalue weighted by atomic mass is 10.1. The van der Waals surface area contributed by atoms with Crippen LogP contribution in [0.4, 0.5) is 0 Å². The second-order valence-electron chi connectivity index (χ2n) is 2.27. The molecule has 0 amide bonds. The van der Waals surface area contributed by atoms with Gasteiger partial charge in [-0.15, -0.1) is 0 Å². The smallest absolute Gasteiger partial charge is 0.0296 e. The molecule has 1 N–H and O–H groups in total. The molecule has 0 saturated carbocycles. The Hall–Kier alpha value is -0.980. The van der Waals surface area contributed by atoms with E-state index in [0.29, 0.717) is 0 Å². The molecule has 0 unspecified atom stereocenters. The van der Waals surface area contributed by atoms with E-state index in [1.165, 1.54) is 5.57 Å². The van der Waals surface area contributed by atoms with Gasteiger partial charge in [-0.25, -0.2) is 0 Å². The molecule has 1 heteroatoms. The van der Waals surface area contributed by atoms with Crippen molar-refractivity contribution in [3.63, 3.8) is 0 Å². The Bertz CT molecular complexity index is 175. The second-order valence-corrected chi connectivity index (χ2v) is 2.27. The first-order valence-electron chi connectivity index (χ1n) is 3.95. The molecule has 1 nitrogen and oxygen atoms in total. The van der Waals surface area contributed by atoms with E-state index in [0.717, 1.165) is 12.1 Å². The molecule has 0 fully saturated rings. The van der Waals surface area contributed by atoms with Gasteiger partial charge < -0.3 is 5.32 Å². The third kappa shape index (κ3) is 3.66. The number of nitrogens with one attached hydrogen (secondary N) is 1. The Balaban J connectivity index is 4.35. The molecule has 0 aliphatic heterocycles. The minimum absolute atomic E-state index is 1.03. The molecule has 0 aliphatic carbocycles. The van der Waals surface area contributed by atoms with Gasteiger partial charge in [-0.2, -0.15) is 0 Å². The molecule has 11 heavy (non-hydrogen) atoms. The molecule has 0 aromatic heterocycles. The molecule has 0 aromatic carbocycles. The maximum absolute atomic E-state index is 3.73. The van der Waals surface area contributed by atoms with Crippen LogP contribution in [0.3, 0.4) is 0 Å². The summed E-state index contributed by atoms with van der Waals surface area (Å²) < 4.78 is 0. The highest BCUT2D eigenvalue weighted by Gasteiger charge is 1.88. The number of hydrogen-bond acceptors (Lipinski definition) is 1. The van der Waals surface area contributed by atoms with Gasteiger partial charge in [-0.1, -0.05) is 25.7 Å². The van der Waals surface area contributed by atoms with Crippen LogP contribution in [0, 0.1) is 0 Å². The highest BCUT2D eigenvalue weighted by Crippen LogP contribution is 2.04. The maximum atomic E-state index is 3.73. The zero-order valence-corrected chi connectivity index (χ0v) is 7.65. The molecule has 0 saturated heterocycles. The Kier molecular flexibility index (Phi) is 5.26. The lowest BCUT2D eigenvalue weighted by Gasteiger charge is -2.01. The summed E-state index contributed by atoms with van der Waals surface area (Å²) in [6.07, 6.45) is 7.06. The summed E-state index contributed by atoms with van der Waals surface area (Å²) in [5.41, 5.74) is 2.40. The van der Waals surface area contributed by atoms with Gasteiger partial charge in [0.05, 0.1) is 0 Å². The summed E-state index contributed by atoms with van der Waals surface area (Å²) >= 11 is 0. The van der Waals surface area contributed by atoms with Gasteiger partial charge in [0.1, 0.15) is 0 Å². The minimum atomic E-state index is 1.03. The number of hydrogen-bond donors (Lipinski definition) is 1. The number of rotatable bonds is 4. The molecule has 0 spiro atoms. The van der Waals surface area contributed by atoms with Gasteiger partial charge >= 0.3 is 0 Å². The number of likely N-dealkylation sites (N-methyl/N-ethyl adjacent to an activating group) is 1. The van der Waals surface area contributed by atoms with Crippen molar-refractivity contribution in [1.82, 2.24) is 5.32 Å². The van der Waals surface area contributed by atoms with Crippen LogP contribution in [0.1, 0.15) is 20.3 Å². The average Bonchev–Trinajstić information content (AvgIpc) is 2.07. The van der Waals surface area contributed by atoms with E-state index in [1.807, 2.05) is 26.1 Å². The summed E-state index contributed by atoms with van der Waals surface area (Å²) in [6.45, 7) is 7.86. The van der Waals surface area contributed by atoms with E-state index >= 15 is 0 Å². The summed E-state index contributed by atoms with van der Waals surface area (Å²) in [6, 6.07) is 0. The Labute approximate surface area is 69.5 Å². The predicted octanol–water partition coefficient (Wildman–Crippen LogP) is 2.63. The quantitative estimate of drug-likeness (QED) is 0.609. The fourth-order valence-electron chi connectivity index (χ4n) is 0.805. The largest absolute Gasteiger partial charge is 0.388 e. The van der Waals surface area contributed by atoms with Crippen LogP contribution in [-0.4, -0.2) is 7.05 Å². The minimum Gasteiger partial charge on any atom is -0.388 e. The summed E-state index contributed by atoms with van der Waals surface area (Å²) in [5, 5.41) is 3.09. The van der Waals surface area contributed by atoms with Crippen molar-refractivity contribution >= 4 is 0 Å². The van der Waals surface area contributed by atoms with Crippen molar-refractivity contribution in [1.29, 1.82) is 0 Å². The summed E-state index contributed by atoms with van der Waals surface area (Å²) in [7, 11) is 1.92. The Morgan fingerprint density at radius 1 is 1.55 bits per heavy atom. The molecule has 0 aliphatic rings. The van der Waals surface area contributed by atoms with E-state index in [9.17, 15) is 0 Å². The summed E-state index contributed by atoms with van der Waals surface area (Å²) in [4.78, 5) is 0. The highest BCUT2D eigenvalue weighted by molar-refractivity contribution is 5.27. The first kappa shape index (κ1) is 10.0. The molecule has 0 aromatic rings. The van der Waals surface area contributed by atoms with Crippen molar-refractivity contribution in [3.05, 3.63) is 36.1 Å². The van der Waals surface area contributed by atoms with E-state index in [2.05, 4.69) is 24.9 Å². The standard InChI is InChI=1S/C10H17N/c1-5-9(6-2)8-10(7-3)11-4/h5,7-8,11H,1,6H2,2-4H3/b9-8+,10-7+. The molecule has 0 rings (SSSR count). The SMILES string of the molecule is C=C/C(=C\C(=C/C)NC)CC. The van der Waals surface area contributed by atoms with Crippen molar-refractivity contribution in [3.8, 4) is 0 Å². The first-order chi connectivity index (χ1) is 5.28. The fourth-order valence-corrected chi connectivity index (χ4v) is 0.805. The number of allylic oxidation sites excluding steroid dienone is 4. The molecule has 0 atom stereocenters. The van der Waals surface area contributed by atoms with Crippen LogP contribution < -0.4 is 5.32 Å². The van der Waals surface area contributed by atoms with Crippen LogP contribution in [0.5, 0.6) is 0 Å². The third-order valence-electron chi connectivity index (χ3n) is 1.61. The van der Waals surface area contributed by atoms with Gasteiger partial charge in [0, 0.05) is 12.7 Å². The van der Waals surface area contributed by atoms with E-state index < -0.39 is 0 Å². The normalized spacial score (nSPS) is 13.0. The van der Waals surface area contributed by atoms with Gasteiger partial charge in [-0.05, 0) is 25.0 Å². The van der Waals surface area contributed by atoms with Crippen LogP contribution >= 0.6 is 0 Å². The second kappa shape index (κ2) is 5.78. The van der Waals surface area contributed by atoms with E-state index in [-0.39, 0.29) is 0 Å². The molecule has 0 bridgehead atoms. The molecule has 0 radical (unpaired) electrons. The van der Waals surface area contributed by atoms with E-state index in [4.69, 9.17) is 0 Å². The van der Waals surface area contributed by atoms with Gasteiger partial charge in [0.15, 0.2) is 0 Å².